The van der Waals surface area contributed by atoms with Crippen molar-refractivity contribution in [1.82, 2.24) is 14.5 Å². The number of para-hydroxylation sites is 2. The van der Waals surface area contributed by atoms with Gasteiger partial charge in [0.25, 0.3) is 5.91 Å². The Morgan fingerprint density at radius 1 is 1.24 bits per heavy atom. The Morgan fingerprint density at radius 3 is 2.69 bits per heavy atom. The molecule has 4 nitrogen and oxygen atoms in total. The van der Waals surface area contributed by atoms with E-state index in [1.807, 2.05) is 23.1 Å². The SMILES string of the molecule is CCCCn1c(CN(CC(C)C)C(=O)c2ccc(F)c(Br)c2)nc2ccccc21. The van der Waals surface area contributed by atoms with Gasteiger partial charge in [-0.2, -0.15) is 0 Å². The number of amides is 1. The summed E-state index contributed by atoms with van der Waals surface area (Å²) in [5.41, 5.74) is 2.51. The highest BCUT2D eigenvalue weighted by molar-refractivity contribution is 9.10. The number of imidazole rings is 1. The van der Waals surface area contributed by atoms with Gasteiger partial charge in [0.2, 0.25) is 0 Å². The Balaban J connectivity index is 1.96. The lowest BCUT2D eigenvalue weighted by Crippen LogP contribution is -2.34. The fraction of sp³-hybridized carbons (Fsp3) is 0.391. The first-order valence-corrected chi connectivity index (χ1v) is 10.9. The molecule has 29 heavy (non-hydrogen) atoms. The normalized spacial score (nSPS) is 11.4. The molecule has 0 aliphatic rings. The predicted octanol–water partition coefficient (Wildman–Crippen LogP) is 6.04. The summed E-state index contributed by atoms with van der Waals surface area (Å²) >= 11 is 3.18. The molecule has 0 fully saturated rings. The molecule has 0 radical (unpaired) electrons. The fourth-order valence-electron chi connectivity index (χ4n) is 3.45. The van der Waals surface area contributed by atoms with Gasteiger partial charge >= 0.3 is 0 Å². The van der Waals surface area contributed by atoms with E-state index in [1.165, 1.54) is 12.1 Å². The lowest BCUT2D eigenvalue weighted by molar-refractivity contribution is 0.0716. The molecule has 0 N–H and O–H groups in total. The fourth-order valence-corrected chi connectivity index (χ4v) is 3.83. The summed E-state index contributed by atoms with van der Waals surface area (Å²) in [7, 11) is 0. The Bertz CT molecular complexity index is 999. The second kappa shape index (κ2) is 9.53. The van der Waals surface area contributed by atoms with Crippen molar-refractivity contribution < 1.29 is 9.18 Å². The van der Waals surface area contributed by atoms with E-state index in [4.69, 9.17) is 4.98 Å². The minimum atomic E-state index is -0.377. The quantitative estimate of drug-likeness (QED) is 0.411. The first kappa shape index (κ1) is 21.5. The van der Waals surface area contributed by atoms with Crippen molar-refractivity contribution in [3.05, 3.63) is 64.1 Å². The van der Waals surface area contributed by atoms with Gasteiger partial charge in [-0.3, -0.25) is 4.79 Å². The zero-order chi connectivity index (χ0) is 21.0. The van der Waals surface area contributed by atoms with Gasteiger partial charge in [-0.1, -0.05) is 39.3 Å². The molecule has 0 aliphatic heterocycles. The van der Waals surface area contributed by atoms with Crippen molar-refractivity contribution >= 4 is 32.9 Å². The average Bonchev–Trinajstić information content (AvgIpc) is 3.04. The third kappa shape index (κ3) is 5.04. The van der Waals surface area contributed by atoms with Crippen LogP contribution in [0.4, 0.5) is 4.39 Å². The second-order valence-electron chi connectivity index (χ2n) is 7.73. The number of hydrogen-bond donors (Lipinski definition) is 0. The molecule has 0 spiro atoms. The van der Waals surface area contributed by atoms with Crippen molar-refractivity contribution in [2.24, 2.45) is 5.92 Å². The average molecular weight is 460 g/mol. The molecule has 0 saturated carbocycles. The lowest BCUT2D eigenvalue weighted by atomic mass is 10.1. The zero-order valence-electron chi connectivity index (χ0n) is 17.2. The summed E-state index contributed by atoms with van der Waals surface area (Å²) in [5, 5.41) is 0. The highest BCUT2D eigenvalue weighted by Crippen LogP contribution is 2.22. The van der Waals surface area contributed by atoms with E-state index >= 15 is 0 Å². The Morgan fingerprint density at radius 2 is 2.00 bits per heavy atom. The summed E-state index contributed by atoms with van der Waals surface area (Å²) < 4.78 is 16.1. The van der Waals surface area contributed by atoms with Crippen LogP contribution in [0.5, 0.6) is 0 Å². The topological polar surface area (TPSA) is 38.1 Å². The van der Waals surface area contributed by atoms with Crippen molar-refractivity contribution in [3.8, 4) is 0 Å². The van der Waals surface area contributed by atoms with Gasteiger partial charge in [-0.05, 0) is 58.6 Å². The van der Waals surface area contributed by atoms with E-state index < -0.39 is 0 Å². The molecule has 2 aromatic carbocycles. The van der Waals surface area contributed by atoms with E-state index in [1.54, 1.807) is 6.07 Å². The number of rotatable bonds is 8. The molecule has 6 heteroatoms. The number of nitrogens with zero attached hydrogens (tertiary/aromatic N) is 3. The van der Waals surface area contributed by atoms with Gasteiger partial charge in [0.1, 0.15) is 11.6 Å². The number of aryl methyl sites for hydroxylation is 1. The van der Waals surface area contributed by atoms with Crippen LogP contribution < -0.4 is 0 Å². The van der Waals surface area contributed by atoms with Gasteiger partial charge in [0.05, 0.1) is 22.1 Å². The minimum absolute atomic E-state index is 0.117. The summed E-state index contributed by atoms with van der Waals surface area (Å²) in [5.74, 6) is 0.693. The van der Waals surface area contributed by atoms with Crippen molar-refractivity contribution in [3.63, 3.8) is 0 Å². The first-order chi connectivity index (χ1) is 13.9. The maximum absolute atomic E-state index is 13.6. The molecule has 1 amide bonds. The molecule has 0 aliphatic carbocycles. The maximum atomic E-state index is 13.6. The summed E-state index contributed by atoms with van der Waals surface area (Å²) in [4.78, 5) is 19.9. The number of unbranched alkanes of at least 4 members (excludes halogenated alkanes) is 1. The van der Waals surface area contributed by atoms with Gasteiger partial charge in [-0.25, -0.2) is 9.37 Å². The van der Waals surface area contributed by atoms with E-state index in [0.717, 1.165) is 36.2 Å². The van der Waals surface area contributed by atoms with Crippen LogP contribution in [0.1, 0.15) is 49.8 Å². The molecule has 3 aromatic rings. The summed E-state index contributed by atoms with van der Waals surface area (Å²) in [6.07, 6.45) is 2.14. The van der Waals surface area contributed by atoms with Crippen LogP contribution >= 0.6 is 15.9 Å². The van der Waals surface area contributed by atoms with Crippen molar-refractivity contribution in [1.29, 1.82) is 0 Å². The van der Waals surface area contributed by atoms with E-state index in [9.17, 15) is 9.18 Å². The molecular weight excluding hydrogens is 433 g/mol. The first-order valence-electron chi connectivity index (χ1n) is 10.1. The van der Waals surface area contributed by atoms with Crippen LogP contribution in [0.25, 0.3) is 11.0 Å². The van der Waals surface area contributed by atoms with Crippen LogP contribution in [0.15, 0.2) is 46.9 Å². The molecule has 154 valence electrons. The number of benzene rings is 2. The van der Waals surface area contributed by atoms with Crippen LogP contribution in [0.3, 0.4) is 0 Å². The number of carbonyl (C=O) groups is 1. The van der Waals surface area contributed by atoms with E-state index in [2.05, 4.69) is 47.3 Å². The van der Waals surface area contributed by atoms with Gasteiger partial charge in [0.15, 0.2) is 0 Å². The lowest BCUT2D eigenvalue weighted by Gasteiger charge is -2.25. The Labute approximate surface area is 179 Å². The molecule has 3 rings (SSSR count). The van der Waals surface area contributed by atoms with E-state index in [0.29, 0.717) is 29.0 Å². The second-order valence-corrected chi connectivity index (χ2v) is 8.58. The standard InChI is InChI=1S/C23H27BrFN3O/c1-4-5-12-28-21-9-7-6-8-20(21)26-22(28)15-27(14-16(2)3)23(29)17-10-11-19(25)18(24)13-17/h6-11,13,16H,4-5,12,14-15H2,1-3H3. The number of carbonyl (C=O) groups excluding carboxylic acids is 1. The van der Waals surface area contributed by atoms with Gasteiger partial charge < -0.3 is 9.47 Å². The van der Waals surface area contributed by atoms with Crippen LogP contribution in [0, 0.1) is 11.7 Å². The molecule has 0 bridgehead atoms. The number of hydrogen-bond acceptors (Lipinski definition) is 2. The van der Waals surface area contributed by atoms with Crippen LogP contribution in [0.2, 0.25) is 0 Å². The number of fused-ring (bicyclic) bond motifs is 1. The third-order valence-electron chi connectivity index (χ3n) is 4.84. The molecule has 1 heterocycles. The Hall–Kier alpha value is -2.21. The van der Waals surface area contributed by atoms with E-state index in [-0.39, 0.29) is 11.7 Å². The smallest absolute Gasteiger partial charge is 0.254 e. The number of aromatic nitrogens is 2. The van der Waals surface area contributed by atoms with Gasteiger partial charge in [-0.15, -0.1) is 0 Å². The monoisotopic (exact) mass is 459 g/mol. The van der Waals surface area contributed by atoms with Crippen molar-refractivity contribution in [2.75, 3.05) is 6.54 Å². The predicted molar refractivity (Wildman–Crippen MR) is 118 cm³/mol. The maximum Gasteiger partial charge on any atom is 0.254 e. The molecule has 0 unspecified atom stereocenters. The minimum Gasteiger partial charge on any atom is -0.331 e. The molecular formula is C23H27BrFN3O. The summed E-state index contributed by atoms with van der Waals surface area (Å²) in [6.45, 7) is 8.23. The molecule has 0 saturated heterocycles. The highest BCUT2D eigenvalue weighted by atomic mass is 79.9. The number of halogens is 2. The Kier molecular flexibility index (Phi) is 7.06. The third-order valence-corrected chi connectivity index (χ3v) is 5.45. The molecule has 0 atom stereocenters. The van der Waals surface area contributed by atoms with Gasteiger partial charge in [0, 0.05) is 18.7 Å². The highest BCUT2D eigenvalue weighted by Gasteiger charge is 2.21. The van der Waals surface area contributed by atoms with Crippen molar-refractivity contribution in [2.45, 2.75) is 46.7 Å². The van der Waals surface area contributed by atoms with Crippen LogP contribution in [-0.2, 0) is 13.1 Å². The molecule has 1 aromatic heterocycles. The van der Waals surface area contributed by atoms with Crippen LogP contribution in [-0.4, -0.2) is 26.9 Å². The largest absolute Gasteiger partial charge is 0.331 e. The zero-order valence-corrected chi connectivity index (χ0v) is 18.7. The summed E-state index contributed by atoms with van der Waals surface area (Å²) in [6, 6.07) is 12.5.